The second-order valence-corrected chi connectivity index (χ2v) is 0.699. The van der Waals surface area contributed by atoms with Gasteiger partial charge in [-0.25, -0.2) is 4.79 Å². The van der Waals surface area contributed by atoms with E-state index in [0.717, 1.165) is 0 Å². The average Bonchev–Trinajstić information content (AvgIpc) is 1.72. The molecule has 0 fully saturated rings. The number of rotatable bonds is 1. The first-order chi connectivity index (χ1) is 3.77. The molecule has 0 unspecified atom stereocenters. The minimum Gasteiger partial charge on any atom is -0.450 e. The maximum atomic E-state index is 9.38. The largest absolute Gasteiger partial charge is 0.505 e. The molecule has 3 nitrogen and oxygen atoms in total. The summed E-state index contributed by atoms with van der Waals surface area (Å²) in [6, 6.07) is 0. The molecule has 0 heterocycles. The van der Waals surface area contributed by atoms with Gasteiger partial charge in [0.1, 0.15) is 0 Å². The van der Waals surface area contributed by atoms with E-state index in [2.05, 4.69) is 4.74 Å². The van der Waals surface area contributed by atoms with Crippen LogP contribution in [0.15, 0.2) is 0 Å². The van der Waals surface area contributed by atoms with Gasteiger partial charge in [-0.3, -0.25) is 0 Å². The molecule has 0 aromatic carbocycles. The maximum Gasteiger partial charge on any atom is 0.505 e. The van der Waals surface area contributed by atoms with Crippen LogP contribution in [0.5, 0.6) is 0 Å². The number of halogens is 2. The van der Waals surface area contributed by atoms with Gasteiger partial charge in [0, 0.05) is 9.15 Å². The van der Waals surface area contributed by atoms with Gasteiger partial charge in [0.05, 0.1) is 6.61 Å². The van der Waals surface area contributed by atoms with Crippen molar-refractivity contribution in [3.8, 4) is 0 Å². The normalized spacial score (nSPS) is 6.38. The predicted octanol–water partition coefficient (Wildman–Crippen LogP) is 1.54. The van der Waals surface area contributed by atoms with Crippen molar-refractivity contribution in [1.82, 2.24) is 0 Å². The Morgan fingerprint density at radius 2 is 2.12 bits per heavy atom. The molecule has 0 aliphatic heterocycles. The van der Waals surface area contributed by atoms with Gasteiger partial charge in [-0.05, 0) is 6.92 Å². The predicted molar refractivity (Wildman–Crippen MR) is 21.9 cm³/mol. The van der Waals surface area contributed by atoms with E-state index in [4.69, 9.17) is 14.3 Å². The van der Waals surface area contributed by atoms with Gasteiger partial charge in [-0.2, -0.15) is 0 Å². The maximum absolute atomic E-state index is 9.38. The van der Waals surface area contributed by atoms with E-state index in [1.807, 2.05) is 0 Å². The van der Waals surface area contributed by atoms with Crippen LogP contribution in [-0.4, -0.2) is 17.9 Å². The first-order valence-electron chi connectivity index (χ1n) is 1.77. The summed E-state index contributed by atoms with van der Waals surface area (Å²) in [4.78, 5) is 9.38. The SMILES string of the molecule is CCOC(=O)O.FF. The molecule has 50 valence electrons. The van der Waals surface area contributed by atoms with Crippen LogP contribution in [0, 0.1) is 0 Å². The minimum atomic E-state index is -1.21. The van der Waals surface area contributed by atoms with E-state index in [9.17, 15) is 4.79 Å². The highest BCUT2D eigenvalue weighted by atomic mass is 20.0. The fraction of sp³-hybridized carbons (Fsp3) is 0.667. The van der Waals surface area contributed by atoms with E-state index in [0.29, 0.717) is 0 Å². The average molecular weight is 128 g/mol. The molecule has 0 bridgehead atoms. The van der Waals surface area contributed by atoms with Crippen molar-refractivity contribution in [2.45, 2.75) is 6.92 Å². The molecule has 0 aliphatic carbocycles. The van der Waals surface area contributed by atoms with E-state index >= 15 is 0 Å². The Morgan fingerprint density at radius 1 is 1.75 bits per heavy atom. The van der Waals surface area contributed by atoms with Gasteiger partial charge in [0.25, 0.3) is 0 Å². The molecular weight excluding hydrogens is 122 g/mol. The molecule has 0 radical (unpaired) electrons. The Labute approximate surface area is 44.7 Å². The van der Waals surface area contributed by atoms with E-state index in [1.165, 1.54) is 0 Å². The van der Waals surface area contributed by atoms with Crippen LogP contribution in [0.4, 0.5) is 13.9 Å². The Bertz CT molecular complexity index is 56.5. The summed E-state index contributed by atoms with van der Waals surface area (Å²) in [6.07, 6.45) is -1.21. The zero-order valence-corrected chi connectivity index (χ0v) is 4.23. The monoisotopic (exact) mass is 128 g/mol. The lowest BCUT2D eigenvalue weighted by Gasteiger charge is -1.87. The Morgan fingerprint density at radius 3 is 2.12 bits per heavy atom. The molecule has 5 heteroatoms. The number of carbonyl (C=O) groups is 1. The van der Waals surface area contributed by atoms with Crippen LogP contribution in [0.1, 0.15) is 6.92 Å². The fourth-order valence-corrected chi connectivity index (χ4v) is 0.123. The van der Waals surface area contributed by atoms with Crippen LogP contribution in [-0.2, 0) is 4.74 Å². The molecule has 0 atom stereocenters. The summed E-state index contributed by atoms with van der Waals surface area (Å²) < 4.78 is 20.0. The zero-order valence-electron chi connectivity index (χ0n) is 4.23. The van der Waals surface area contributed by atoms with E-state index < -0.39 is 6.16 Å². The fourth-order valence-electron chi connectivity index (χ4n) is 0.123. The van der Waals surface area contributed by atoms with Crippen LogP contribution in [0.3, 0.4) is 0 Å². The summed E-state index contributed by atoms with van der Waals surface area (Å²) in [5, 5.41) is 7.69. The summed E-state index contributed by atoms with van der Waals surface area (Å²) in [6.45, 7) is 1.85. The number of ether oxygens (including phenoxy) is 1. The van der Waals surface area contributed by atoms with Crippen LogP contribution >= 0.6 is 0 Å². The highest BCUT2D eigenvalue weighted by molar-refractivity contribution is 5.56. The van der Waals surface area contributed by atoms with Gasteiger partial charge in [-0.15, -0.1) is 0 Å². The molecule has 0 spiro atoms. The van der Waals surface area contributed by atoms with Gasteiger partial charge >= 0.3 is 6.16 Å². The quantitative estimate of drug-likeness (QED) is 0.545. The molecule has 0 rings (SSSR count). The van der Waals surface area contributed by atoms with Crippen LogP contribution < -0.4 is 0 Å². The Hall–Kier alpha value is -0.870. The highest BCUT2D eigenvalue weighted by Gasteiger charge is 1.86. The Balaban J connectivity index is 0. The van der Waals surface area contributed by atoms with Gasteiger partial charge in [-0.1, -0.05) is 0 Å². The molecule has 8 heavy (non-hydrogen) atoms. The molecule has 0 amide bonds. The molecule has 0 aliphatic rings. The summed E-state index contributed by atoms with van der Waals surface area (Å²) in [5.41, 5.74) is 0. The van der Waals surface area contributed by atoms with Crippen molar-refractivity contribution in [2.75, 3.05) is 6.61 Å². The molecule has 1 N–H and O–H groups in total. The van der Waals surface area contributed by atoms with Crippen molar-refractivity contribution in [2.24, 2.45) is 0 Å². The molecule has 0 saturated heterocycles. The van der Waals surface area contributed by atoms with Gasteiger partial charge in [0.15, 0.2) is 0 Å². The van der Waals surface area contributed by atoms with Crippen molar-refractivity contribution in [3.05, 3.63) is 0 Å². The van der Waals surface area contributed by atoms with Gasteiger partial charge in [0.2, 0.25) is 0 Å². The second kappa shape index (κ2) is 9.46. The lowest BCUT2D eigenvalue weighted by molar-refractivity contribution is 0.0966. The van der Waals surface area contributed by atoms with Gasteiger partial charge < -0.3 is 9.84 Å². The first-order valence-corrected chi connectivity index (χ1v) is 1.77. The van der Waals surface area contributed by atoms with Crippen molar-refractivity contribution < 1.29 is 23.8 Å². The lowest BCUT2D eigenvalue weighted by Crippen LogP contribution is -1.97. The van der Waals surface area contributed by atoms with Crippen molar-refractivity contribution in [1.29, 1.82) is 0 Å². The summed E-state index contributed by atoms with van der Waals surface area (Å²) in [7, 11) is 0. The smallest absolute Gasteiger partial charge is 0.450 e. The third-order valence-corrected chi connectivity index (χ3v) is 0.268. The lowest BCUT2D eigenvalue weighted by atomic mass is 10.9. The van der Waals surface area contributed by atoms with Crippen LogP contribution in [0.2, 0.25) is 0 Å². The Kier molecular flexibility index (Phi) is 12.0. The van der Waals surface area contributed by atoms with E-state index in [1.54, 1.807) is 6.92 Å². The minimum absolute atomic E-state index is 0.231. The van der Waals surface area contributed by atoms with Crippen molar-refractivity contribution >= 4 is 6.16 Å². The number of carboxylic acid groups (broad SMARTS) is 1. The first kappa shape index (κ1) is 10.2. The zero-order chi connectivity index (χ0) is 6.99. The third-order valence-electron chi connectivity index (χ3n) is 0.268. The number of hydrogen-bond acceptors (Lipinski definition) is 2. The standard InChI is InChI=1S/C3H6O3.F2/c1-2-6-3(4)5;1-2/h2H2,1H3,(H,4,5);. The van der Waals surface area contributed by atoms with E-state index in [-0.39, 0.29) is 6.61 Å². The number of hydrogen-bond donors (Lipinski definition) is 1. The second-order valence-electron chi connectivity index (χ2n) is 0.699. The summed E-state index contributed by atoms with van der Waals surface area (Å²) >= 11 is 0. The molecule has 0 saturated carbocycles. The molecule has 0 aromatic rings. The molecule has 0 aromatic heterocycles. The molecular formula is C3H6F2O3. The van der Waals surface area contributed by atoms with Crippen molar-refractivity contribution in [3.63, 3.8) is 0 Å². The highest BCUT2D eigenvalue weighted by Crippen LogP contribution is 1.69. The third kappa shape index (κ3) is 19.3. The topological polar surface area (TPSA) is 46.5 Å². The summed E-state index contributed by atoms with van der Waals surface area (Å²) in [5.74, 6) is 0. The van der Waals surface area contributed by atoms with Crippen LogP contribution in [0.25, 0.3) is 0 Å².